The van der Waals surface area contributed by atoms with Crippen molar-refractivity contribution in [1.29, 1.82) is 0 Å². The van der Waals surface area contributed by atoms with E-state index in [9.17, 15) is 4.79 Å². The van der Waals surface area contributed by atoms with Gasteiger partial charge < -0.3 is 15.0 Å². The molecule has 1 amide bonds. The maximum absolute atomic E-state index is 12.4. The SMILES string of the molecule is CC(C)(C)c1ccc(C(=O)NC(=S)Nc2ccc(N3CCOCC3)cc2)cc1. The highest BCUT2D eigenvalue weighted by Gasteiger charge is 2.15. The van der Waals surface area contributed by atoms with Crippen LogP contribution in [-0.4, -0.2) is 37.3 Å². The van der Waals surface area contributed by atoms with Gasteiger partial charge in [0.15, 0.2) is 5.11 Å². The number of carbonyl (C=O) groups excluding carboxylic acids is 1. The van der Waals surface area contributed by atoms with Crippen molar-refractivity contribution < 1.29 is 9.53 Å². The van der Waals surface area contributed by atoms with E-state index in [1.807, 2.05) is 48.5 Å². The molecular weight excluding hydrogens is 370 g/mol. The molecule has 6 heteroatoms. The van der Waals surface area contributed by atoms with Crippen LogP contribution in [0, 0.1) is 0 Å². The topological polar surface area (TPSA) is 53.6 Å². The van der Waals surface area contributed by atoms with Crippen molar-refractivity contribution in [2.75, 3.05) is 36.5 Å². The van der Waals surface area contributed by atoms with Crippen molar-refractivity contribution in [3.8, 4) is 0 Å². The molecule has 1 saturated heterocycles. The highest BCUT2D eigenvalue weighted by atomic mass is 32.1. The van der Waals surface area contributed by atoms with E-state index in [-0.39, 0.29) is 16.4 Å². The third kappa shape index (κ3) is 5.30. The molecule has 2 aromatic carbocycles. The van der Waals surface area contributed by atoms with E-state index in [0.29, 0.717) is 5.56 Å². The third-order valence-corrected chi connectivity index (χ3v) is 4.95. The molecule has 2 N–H and O–H groups in total. The summed E-state index contributed by atoms with van der Waals surface area (Å²) in [5.74, 6) is -0.220. The van der Waals surface area contributed by atoms with E-state index < -0.39 is 0 Å². The Hall–Kier alpha value is -2.44. The summed E-state index contributed by atoms with van der Waals surface area (Å²) in [6.45, 7) is 9.74. The van der Waals surface area contributed by atoms with Crippen LogP contribution in [0.4, 0.5) is 11.4 Å². The lowest BCUT2D eigenvalue weighted by molar-refractivity contribution is 0.0977. The van der Waals surface area contributed by atoms with Gasteiger partial charge in [0.1, 0.15) is 0 Å². The van der Waals surface area contributed by atoms with Crippen LogP contribution in [0.1, 0.15) is 36.7 Å². The summed E-state index contributed by atoms with van der Waals surface area (Å²) in [5, 5.41) is 6.08. The lowest BCUT2D eigenvalue weighted by Crippen LogP contribution is -2.36. The summed E-state index contributed by atoms with van der Waals surface area (Å²) in [6.07, 6.45) is 0. The van der Waals surface area contributed by atoms with E-state index in [1.54, 1.807) is 0 Å². The fourth-order valence-electron chi connectivity index (χ4n) is 3.04. The zero-order chi connectivity index (χ0) is 20.1. The van der Waals surface area contributed by atoms with Gasteiger partial charge >= 0.3 is 0 Å². The first-order valence-corrected chi connectivity index (χ1v) is 9.89. The van der Waals surface area contributed by atoms with Gasteiger partial charge in [-0.3, -0.25) is 10.1 Å². The summed E-state index contributed by atoms with van der Waals surface area (Å²) < 4.78 is 5.38. The highest BCUT2D eigenvalue weighted by Crippen LogP contribution is 2.22. The fourth-order valence-corrected chi connectivity index (χ4v) is 3.25. The summed E-state index contributed by atoms with van der Waals surface area (Å²) in [6, 6.07) is 15.6. The third-order valence-electron chi connectivity index (χ3n) is 4.74. The standard InChI is InChI=1S/C22H27N3O2S/c1-22(2,3)17-6-4-16(5-7-17)20(26)24-21(28)23-18-8-10-19(11-9-18)25-12-14-27-15-13-25/h4-11H,12-15H2,1-3H3,(H2,23,24,26,28). The lowest BCUT2D eigenvalue weighted by Gasteiger charge is -2.28. The Balaban J connectivity index is 1.55. The quantitative estimate of drug-likeness (QED) is 0.768. The molecule has 1 aliphatic rings. The van der Waals surface area contributed by atoms with E-state index in [1.165, 1.54) is 5.56 Å². The van der Waals surface area contributed by atoms with E-state index in [0.717, 1.165) is 37.7 Å². The number of hydrogen-bond acceptors (Lipinski definition) is 4. The zero-order valence-electron chi connectivity index (χ0n) is 16.6. The number of amides is 1. The Morgan fingerprint density at radius 1 is 1.00 bits per heavy atom. The first-order chi connectivity index (χ1) is 13.3. The van der Waals surface area contributed by atoms with Gasteiger partial charge in [0.2, 0.25) is 0 Å². The number of carbonyl (C=O) groups is 1. The summed E-state index contributed by atoms with van der Waals surface area (Å²) >= 11 is 5.29. The first kappa shape index (κ1) is 20.3. The first-order valence-electron chi connectivity index (χ1n) is 9.48. The maximum Gasteiger partial charge on any atom is 0.257 e. The van der Waals surface area contributed by atoms with Crippen molar-refractivity contribution in [2.45, 2.75) is 26.2 Å². The molecule has 5 nitrogen and oxygen atoms in total. The summed E-state index contributed by atoms with van der Waals surface area (Å²) in [7, 11) is 0. The highest BCUT2D eigenvalue weighted by molar-refractivity contribution is 7.80. The smallest absolute Gasteiger partial charge is 0.257 e. The molecule has 0 spiro atoms. The molecular formula is C22H27N3O2S. The number of benzene rings is 2. The minimum atomic E-state index is -0.220. The van der Waals surface area contributed by atoms with Gasteiger partial charge in [-0.05, 0) is 59.6 Å². The van der Waals surface area contributed by atoms with Crippen LogP contribution in [0.2, 0.25) is 0 Å². The molecule has 0 radical (unpaired) electrons. The number of morpholine rings is 1. The van der Waals surface area contributed by atoms with Gasteiger partial charge in [-0.2, -0.15) is 0 Å². The van der Waals surface area contributed by atoms with Crippen LogP contribution in [0.5, 0.6) is 0 Å². The lowest BCUT2D eigenvalue weighted by atomic mass is 9.87. The Kier molecular flexibility index (Phi) is 6.31. The predicted octanol–water partition coefficient (Wildman–Crippen LogP) is 3.95. The molecule has 3 rings (SSSR count). The van der Waals surface area contributed by atoms with Gasteiger partial charge in [-0.15, -0.1) is 0 Å². The average molecular weight is 398 g/mol. The molecule has 148 valence electrons. The molecule has 0 aliphatic carbocycles. The number of hydrogen-bond donors (Lipinski definition) is 2. The van der Waals surface area contributed by atoms with E-state index in [4.69, 9.17) is 17.0 Å². The molecule has 2 aromatic rings. The van der Waals surface area contributed by atoms with Crippen LogP contribution in [0.15, 0.2) is 48.5 Å². The molecule has 1 heterocycles. The molecule has 28 heavy (non-hydrogen) atoms. The fraction of sp³-hybridized carbons (Fsp3) is 0.364. The van der Waals surface area contributed by atoms with Gasteiger partial charge in [0.05, 0.1) is 13.2 Å². The summed E-state index contributed by atoms with van der Waals surface area (Å²) in [5.41, 5.74) is 3.82. The summed E-state index contributed by atoms with van der Waals surface area (Å²) in [4.78, 5) is 14.7. The predicted molar refractivity (Wildman–Crippen MR) is 118 cm³/mol. The molecule has 0 aromatic heterocycles. The van der Waals surface area contributed by atoms with Gasteiger partial charge in [-0.25, -0.2) is 0 Å². The number of ether oxygens (including phenoxy) is 1. The Labute approximate surface area is 172 Å². The van der Waals surface area contributed by atoms with Crippen molar-refractivity contribution in [1.82, 2.24) is 5.32 Å². The minimum absolute atomic E-state index is 0.0548. The number of nitrogens with one attached hydrogen (secondary N) is 2. The van der Waals surface area contributed by atoms with E-state index >= 15 is 0 Å². The van der Waals surface area contributed by atoms with Crippen LogP contribution in [0.3, 0.4) is 0 Å². The Morgan fingerprint density at radius 3 is 2.18 bits per heavy atom. The zero-order valence-corrected chi connectivity index (χ0v) is 17.4. The van der Waals surface area contributed by atoms with Gasteiger partial charge in [0, 0.05) is 30.0 Å². The van der Waals surface area contributed by atoms with Crippen LogP contribution in [0.25, 0.3) is 0 Å². The number of nitrogens with zero attached hydrogens (tertiary/aromatic N) is 1. The molecule has 0 bridgehead atoms. The molecule has 0 unspecified atom stereocenters. The largest absolute Gasteiger partial charge is 0.378 e. The maximum atomic E-state index is 12.4. The molecule has 1 fully saturated rings. The second-order valence-electron chi connectivity index (χ2n) is 7.88. The van der Waals surface area contributed by atoms with E-state index in [2.05, 4.69) is 36.3 Å². The van der Waals surface area contributed by atoms with Gasteiger partial charge in [-0.1, -0.05) is 32.9 Å². The second kappa shape index (κ2) is 8.71. The average Bonchev–Trinajstić information content (AvgIpc) is 2.68. The van der Waals surface area contributed by atoms with Crippen LogP contribution in [-0.2, 0) is 10.2 Å². The van der Waals surface area contributed by atoms with Crippen molar-refractivity contribution in [3.05, 3.63) is 59.7 Å². The molecule has 1 aliphatic heterocycles. The minimum Gasteiger partial charge on any atom is -0.378 e. The molecule has 0 saturated carbocycles. The number of thiocarbonyl (C=S) groups is 1. The Morgan fingerprint density at radius 2 is 1.61 bits per heavy atom. The van der Waals surface area contributed by atoms with Crippen LogP contribution < -0.4 is 15.5 Å². The number of rotatable bonds is 3. The molecule has 0 atom stereocenters. The second-order valence-corrected chi connectivity index (χ2v) is 8.29. The monoisotopic (exact) mass is 397 g/mol. The van der Waals surface area contributed by atoms with Crippen molar-refractivity contribution >= 4 is 34.6 Å². The van der Waals surface area contributed by atoms with Gasteiger partial charge in [0.25, 0.3) is 5.91 Å². The van der Waals surface area contributed by atoms with Crippen molar-refractivity contribution in [2.24, 2.45) is 0 Å². The number of anilines is 2. The normalized spacial score (nSPS) is 14.5. The Bertz CT molecular complexity index is 820. The van der Waals surface area contributed by atoms with Crippen LogP contribution >= 0.6 is 12.2 Å². The van der Waals surface area contributed by atoms with Crippen molar-refractivity contribution in [3.63, 3.8) is 0 Å².